The van der Waals surface area contributed by atoms with E-state index in [4.69, 9.17) is 15.0 Å². The lowest BCUT2D eigenvalue weighted by atomic mass is 10.0. The predicted molar refractivity (Wildman–Crippen MR) is 63.4 cm³/mol. The highest BCUT2D eigenvalue weighted by molar-refractivity contribution is 4.98. The highest BCUT2D eigenvalue weighted by Gasteiger charge is 2.35. The van der Waals surface area contributed by atoms with E-state index in [1.54, 1.807) is 7.11 Å². The minimum absolute atomic E-state index is 0.00149. The van der Waals surface area contributed by atoms with Crippen LogP contribution in [-0.4, -0.2) is 22.8 Å². The van der Waals surface area contributed by atoms with Crippen molar-refractivity contribution in [3.05, 3.63) is 11.7 Å². The average Bonchev–Trinajstić information content (AvgIpc) is 2.95. The summed E-state index contributed by atoms with van der Waals surface area (Å²) < 4.78 is 10.6. The molecule has 1 aromatic rings. The summed E-state index contributed by atoms with van der Waals surface area (Å²) in [6.45, 7) is 3.98. The van der Waals surface area contributed by atoms with E-state index in [1.165, 1.54) is 12.8 Å². The molecular formula is C12H21N3O2. The summed E-state index contributed by atoms with van der Waals surface area (Å²) in [7, 11) is 1.70. The Morgan fingerprint density at radius 1 is 1.53 bits per heavy atom. The summed E-state index contributed by atoms with van der Waals surface area (Å²) in [6.07, 6.45) is 3.93. The van der Waals surface area contributed by atoms with Crippen LogP contribution in [0.2, 0.25) is 0 Å². The molecule has 2 rings (SSSR count). The van der Waals surface area contributed by atoms with E-state index >= 15 is 0 Å². The van der Waals surface area contributed by atoms with Crippen LogP contribution in [0.4, 0.5) is 0 Å². The molecule has 1 aromatic heterocycles. The summed E-state index contributed by atoms with van der Waals surface area (Å²) in [5, 5.41) is 4.00. The number of aromatic nitrogens is 2. The van der Waals surface area contributed by atoms with Gasteiger partial charge in [-0.3, -0.25) is 0 Å². The molecule has 0 bridgehead atoms. The van der Waals surface area contributed by atoms with Gasteiger partial charge in [-0.05, 0) is 39.0 Å². The molecule has 0 radical (unpaired) electrons. The second-order valence-electron chi connectivity index (χ2n) is 5.53. The molecule has 0 aromatic carbocycles. The maximum absolute atomic E-state index is 5.92. The van der Waals surface area contributed by atoms with E-state index in [1.807, 2.05) is 13.8 Å². The number of hydrogen-bond donors (Lipinski definition) is 1. The number of rotatable bonds is 6. The molecule has 1 unspecified atom stereocenters. The third-order valence-corrected chi connectivity index (χ3v) is 3.03. The highest BCUT2D eigenvalue weighted by atomic mass is 16.5. The first kappa shape index (κ1) is 12.5. The van der Waals surface area contributed by atoms with Gasteiger partial charge in [0.05, 0.1) is 0 Å². The lowest BCUT2D eigenvalue weighted by molar-refractivity contribution is 0.0751. The van der Waals surface area contributed by atoms with Gasteiger partial charge in [0, 0.05) is 19.1 Å². The van der Waals surface area contributed by atoms with Gasteiger partial charge in [0.15, 0.2) is 0 Å². The maximum Gasteiger partial charge on any atom is 0.226 e. The average molecular weight is 239 g/mol. The lowest BCUT2D eigenvalue weighted by Gasteiger charge is -2.16. The Morgan fingerprint density at radius 3 is 2.76 bits per heavy atom. The van der Waals surface area contributed by atoms with Crippen LogP contribution in [0.15, 0.2) is 4.52 Å². The van der Waals surface area contributed by atoms with Gasteiger partial charge in [0.2, 0.25) is 11.7 Å². The normalized spacial score (nSPS) is 18.4. The molecule has 17 heavy (non-hydrogen) atoms. The van der Waals surface area contributed by atoms with E-state index in [-0.39, 0.29) is 11.6 Å². The SMILES string of the molecule is COC(c1noc(CCC(C)(C)N)n1)C1CC1. The molecule has 2 N–H and O–H groups in total. The van der Waals surface area contributed by atoms with E-state index < -0.39 is 0 Å². The molecular weight excluding hydrogens is 218 g/mol. The Bertz CT molecular complexity index is 366. The van der Waals surface area contributed by atoms with Gasteiger partial charge in [0.25, 0.3) is 0 Å². The van der Waals surface area contributed by atoms with Crippen molar-refractivity contribution < 1.29 is 9.26 Å². The molecule has 0 spiro atoms. The molecule has 0 saturated heterocycles. The van der Waals surface area contributed by atoms with Crippen LogP contribution in [-0.2, 0) is 11.2 Å². The third kappa shape index (κ3) is 3.51. The van der Waals surface area contributed by atoms with Gasteiger partial charge < -0.3 is 15.0 Å². The van der Waals surface area contributed by atoms with Crippen LogP contribution in [0.5, 0.6) is 0 Å². The summed E-state index contributed by atoms with van der Waals surface area (Å²) in [5.41, 5.74) is 5.72. The van der Waals surface area contributed by atoms with Crippen LogP contribution < -0.4 is 5.73 Å². The summed E-state index contributed by atoms with van der Waals surface area (Å²) >= 11 is 0. The Kier molecular flexibility index (Phi) is 3.49. The number of methoxy groups -OCH3 is 1. The second kappa shape index (κ2) is 4.74. The molecule has 96 valence electrons. The molecule has 0 amide bonds. The smallest absolute Gasteiger partial charge is 0.226 e. The molecule has 1 heterocycles. The number of nitrogens with two attached hydrogens (primary N) is 1. The Balaban J connectivity index is 1.95. The zero-order valence-electron chi connectivity index (χ0n) is 10.8. The van der Waals surface area contributed by atoms with Gasteiger partial charge in [-0.25, -0.2) is 0 Å². The Morgan fingerprint density at radius 2 is 2.24 bits per heavy atom. The van der Waals surface area contributed by atoms with Crippen molar-refractivity contribution in [2.75, 3.05) is 7.11 Å². The van der Waals surface area contributed by atoms with Crippen molar-refractivity contribution in [3.8, 4) is 0 Å². The first-order chi connectivity index (χ1) is 7.99. The predicted octanol–water partition coefficient (Wildman–Crippen LogP) is 1.84. The van der Waals surface area contributed by atoms with Crippen LogP contribution in [0.25, 0.3) is 0 Å². The molecule has 5 heteroatoms. The van der Waals surface area contributed by atoms with Gasteiger partial charge >= 0.3 is 0 Å². The van der Waals surface area contributed by atoms with Crippen molar-refractivity contribution in [3.63, 3.8) is 0 Å². The molecule has 1 atom stereocenters. The Hall–Kier alpha value is -0.940. The fourth-order valence-electron chi connectivity index (χ4n) is 1.82. The lowest BCUT2D eigenvalue weighted by Crippen LogP contribution is -2.32. The number of hydrogen-bond acceptors (Lipinski definition) is 5. The molecule has 1 aliphatic rings. The zero-order valence-corrected chi connectivity index (χ0v) is 10.8. The molecule has 1 saturated carbocycles. The van der Waals surface area contributed by atoms with Crippen molar-refractivity contribution in [2.24, 2.45) is 11.7 Å². The second-order valence-corrected chi connectivity index (χ2v) is 5.53. The van der Waals surface area contributed by atoms with Crippen molar-refractivity contribution in [1.82, 2.24) is 10.1 Å². The van der Waals surface area contributed by atoms with Crippen LogP contribution in [0.3, 0.4) is 0 Å². The maximum atomic E-state index is 5.92. The van der Waals surface area contributed by atoms with Crippen molar-refractivity contribution >= 4 is 0 Å². The molecule has 0 aliphatic heterocycles. The number of aryl methyl sites for hydroxylation is 1. The monoisotopic (exact) mass is 239 g/mol. The van der Waals surface area contributed by atoms with E-state index in [0.29, 0.717) is 17.6 Å². The van der Waals surface area contributed by atoms with Gasteiger partial charge in [0.1, 0.15) is 6.10 Å². The van der Waals surface area contributed by atoms with Gasteiger partial charge in [-0.15, -0.1) is 0 Å². The topological polar surface area (TPSA) is 74.2 Å². The number of nitrogens with zero attached hydrogens (tertiary/aromatic N) is 2. The first-order valence-corrected chi connectivity index (χ1v) is 6.14. The first-order valence-electron chi connectivity index (χ1n) is 6.14. The zero-order chi connectivity index (χ0) is 12.5. The minimum atomic E-state index is -0.203. The summed E-state index contributed by atoms with van der Waals surface area (Å²) in [6, 6.07) is 0. The van der Waals surface area contributed by atoms with Crippen LogP contribution in [0, 0.1) is 5.92 Å². The molecule has 1 fully saturated rings. The fraction of sp³-hybridized carbons (Fsp3) is 0.833. The van der Waals surface area contributed by atoms with E-state index in [0.717, 1.165) is 12.8 Å². The van der Waals surface area contributed by atoms with Gasteiger partial charge in [-0.1, -0.05) is 5.16 Å². The molecule has 5 nitrogen and oxygen atoms in total. The van der Waals surface area contributed by atoms with Crippen molar-refractivity contribution in [2.45, 2.75) is 51.2 Å². The number of ether oxygens (including phenoxy) is 1. The molecule has 1 aliphatic carbocycles. The highest BCUT2D eigenvalue weighted by Crippen LogP contribution is 2.41. The van der Waals surface area contributed by atoms with E-state index in [2.05, 4.69) is 10.1 Å². The minimum Gasteiger partial charge on any atom is -0.373 e. The largest absolute Gasteiger partial charge is 0.373 e. The summed E-state index contributed by atoms with van der Waals surface area (Å²) in [5.74, 6) is 1.90. The van der Waals surface area contributed by atoms with E-state index in [9.17, 15) is 0 Å². The fourth-order valence-corrected chi connectivity index (χ4v) is 1.82. The van der Waals surface area contributed by atoms with Gasteiger partial charge in [-0.2, -0.15) is 4.98 Å². The summed E-state index contributed by atoms with van der Waals surface area (Å²) in [4.78, 5) is 4.39. The van der Waals surface area contributed by atoms with Crippen LogP contribution >= 0.6 is 0 Å². The standard InChI is InChI=1S/C12H21N3O2/c1-12(2,13)7-6-9-14-11(15-17-9)10(16-3)8-4-5-8/h8,10H,4-7,13H2,1-3H3. The van der Waals surface area contributed by atoms with Crippen molar-refractivity contribution in [1.29, 1.82) is 0 Å². The quantitative estimate of drug-likeness (QED) is 0.819. The third-order valence-electron chi connectivity index (χ3n) is 3.03. The van der Waals surface area contributed by atoms with Crippen LogP contribution in [0.1, 0.15) is 50.9 Å². The Labute approximate surface area is 102 Å².